The molecule has 6 nitrogen and oxygen atoms in total. The molecule has 5 aromatic rings. The van der Waals surface area contributed by atoms with Crippen molar-refractivity contribution in [1.29, 1.82) is 0 Å². The quantitative estimate of drug-likeness (QED) is 0.0425. The molecule has 0 amide bonds. The van der Waals surface area contributed by atoms with Gasteiger partial charge in [-0.1, -0.05) is 24.3 Å². The lowest BCUT2D eigenvalue weighted by molar-refractivity contribution is 0.0725. The summed E-state index contributed by atoms with van der Waals surface area (Å²) in [6.45, 7) is 8.60. The van der Waals surface area contributed by atoms with Crippen LogP contribution in [0, 0.1) is 0 Å². The fourth-order valence-electron chi connectivity index (χ4n) is 4.62. The van der Waals surface area contributed by atoms with E-state index in [-0.39, 0.29) is 0 Å². The van der Waals surface area contributed by atoms with E-state index in [0.29, 0.717) is 47.3 Å². The molecule has 0 aromatic heterocycles. The molecule has 5 aromatic carbocycles. The molecule has 0 bridgehead atoms. The molecule has 5 rings (SSSR count). The number of carbonyl (C=O) groups is 2. The summed E-state index contributed by atoms with van der Waals surface area (Å²) >= 11 is 0. The zero-order chi connectivity index (χ0) is 30.7. The number of allylic oxidation sites excluding steroid dienone is 2. The fourth-order valence-corrected chi connectivity index (χ4v) is 4.62. The van der Waals surface area contributed by atoms with Gasteiger partial charge in [-0.15, -0.1) is 13.2 Å². The van der Waals surface area contributed by atoms with E-state index in [1.54, 1.807) is 60.7 Å². The second-order valence-corrected chi connectivity index (χ2v) is 10.3. The number of carbonyl (C=O) groups excluding carboxylic acids is 2. The second-order valence-electron chi connectivity index (χ2n) is 10.3. The highest BCUT2D eigenvalue weighted by Crippen LogP contribution is 2.29. The molecule has 0 N–H and O–H groups in total. The third-order valence-electron chi connectivity index (χ3n) is 6.98. The van der Waals surface area contributed by atoms with E-state index < -0.39 is 11.9 Å². The van der Waals surface area contributed by atoms with E-state index in [0.717, 1.165) is 47.2 Å². The van der Waals surface area contributed by atoms with Crippen LogP contribution < -0.4 is 18.9 Å². The first-order valence-electron chi connectivity index (χ1n) is 14.6. The summed E-state index contributed by atoms with van der Waals surface area (Å²) in [5.74, 6) is 1.42. The van der Waals surface area contributed by atoms with Crippen LogP contribution in [-0.2, 0) is 0 Å². The molecule has 0 aliphatic rings. The Kier molecular flexibility index (Phi) is 10.1. The number of hydrogen-bond acceptors (Lipinski definition) is 6. The Morgan fingerprint density at radius 2 is 0.886 bits per heavy atom. The van der Waals surface area contributed by atoms with E-state index in [1.807, 2.05) is 48.6 Å². The lowest BCUT2D eigenvalue weighted by Gasteiger charge is -2.10. The minimum absolute atomic E-state index is 0.438. The molecule has 6 heteroatoms. The van der Waals surface area contributed by atoms with Crippen LogP contribution in [-0.4, -0.2) is 25.2 Å². The van der Waals surface area contributed by atoms with E-state index in [9.17, 15) is 9.59 Å². The van der Waals surface area contributed by atoms with Gasteiger partial charge in [-0.05, 0) is 132 Å². The molecule has 0 radical (unpaired) electrons. The zero-order valence-corrected chi connectivity index (χ0v) is 24.5. The first kappa shape index (κ1) is 30.1. The smallest absolute Gasteiger partial charge is 0.343 e. The lowest BCUT2D eigenvalue weighted by Crippen LogP contribution is -2.08. The monoisotopic (exact) mass is 586 g/mol. The van der Waals surface area contributed by atoms with E-state index in [1.165, 1.54) is 0 Å². The molecule has 0 fully saturated rings. The zero-order valence-electron chi connectivity index (χ0n) is 24.5. The highest BCUT2D eigenvalue weighted by Gasteiger charge is 2.12. The van der Waals surface area contributed by atoms with Crippen molar-refractivity contribution in [3.63, 3.8) is 0 Å². The Labute approximate surface area is 257 Å². The standard InChI is InChI=1S/C38H34O6/c1-3-5-7-21-41-33-15-9-27(10-16-33)37(39)43-35-19-13-29-24-32-26-36(20-14-30(32)23-31(29)25-35)44-38(40)28-11-17-34(18-12-28)42-22-8-6-4-2/h3-4,9-20,23-26H,1-2,5-8,21-22H2. The van der Waals surface area contributed by atoms with Crippen LogP contribution in [0.4, 0.5) is 0 Å². The summed E-state index contributed by atoms with van der Waals surface area (Å²) in [5.41, 5.74) is 0.875. The highest BCUT2D eigenvalue weighted by atomic mass is 16.5. The third-order valence-corrected chi connectivity index (χ3v) is 6.98. The first-order valence-corrected chi connectivity index (χ1v) is 14.6. The lowest BCUT2D eigenvalue weighted by atomic mass is 10.0. The summed E-state index contributed by atoms with van der Waals surface area (Å²) in [5, 5.41) is 3.76. The number of fused-ring (bicyclic) bond motifs is 2. The summed E-state index contributed by atoms with van der Waals surface area (Å²) in [4.78, 5) is 25.5. The molecule has 0 aliphatic heterocycles. The van der Waals surface area contributed by atoms with E-state index in [4.69, 9.17) is 18.9 Å². The number of benzene rings is 5. The van der Waals surface area contributed by atoms with Gasteiger partial charge in [-0.2, -0.15) is 0 Å². The van der Waals surface area contributed by atoms with Gasteiger partial charge in [0.1, 0.15) is 23.0 Å². The van der Waals surface area contributed by atoms with Crippen molar-refractivity contribution in [3.05, 3.63) is 133 Å². The molecule has 0 aliphatic carbocycles. The number of hydrogen-bond donors (Lipinski definition) is 0. The predicted molar refractivity (Wildman–Crippen MR) is 174 cm³/mol. The Hall–Kier alpha value is -5.36. The van der Waals surface area contributed by atoms with Gasteiger partial charge in [0.2, 0.25) is 0 Å². The van der Waals surface area contributed by atoms with Gasteiger partial charge in [-0.25, -0.2) is 9.59 Å². The van der Waals surface area contributed by atoms with Crippen molar-refractivity contribution in [3.8, 4) is 23.0 Å². The Morgan fingerprint density at radius 1 is 0.500 bits per heavy atom. The topological polar surface area (TPSA) is 71.1 Å². The number of ether oxygens (including phenoxy) is 4. The average molecular weight is 587 g/mol. The van der Waals surface area contributed by atoms with Crippen molar-refractivity contribution >= 4 is 33.5 Å². The molecule has 0 saturated carbocycles. The van der Waals surface area contributed by atoms with E-state index in [2.05, 4.69) is 13.2 Å². The van der Waals surface area contributed by atoms with Crippen molar-refractivity contribution in [1.82, 2.24) is 0 Å². The molecule has 0 heterocycles. The molecule has 0 unspecified atom stereocenters. The maximum atomic E-state index is 12.8. The van der Waals surface area contributed by atoms with Crippen LogP contribution in [0.3, 0.4) is 0 Å². The maximum absolute atomic E-state index is 12.8. The van der Waals surface area contributed by atoms with Gasteiger partial charge < -0.3 is 18.9 Å². The van der Waals surface area contributed by atoms with Crippen LogP contribution in [0.15, 0.2) is 122 Å². The summed E-state index contributed by atoms with van der Waals surface area (Å²) < 4.78 is 22.7. The molecule has 0 saturated heterocycles. The Bertz CT molecular complexity index is 1640. The summed E-state index contributed by atoms with van der Waals surface area (Å²) in [7, 11) is 0. The predicted octanol–water partition coefficient (Wildman–Crippen LogP) is 9.12. The molecule has 0 spiro atoms. The van der Waals surface area contributed by atoms with Gasteiger partial charge >= 0.3 is 11.9 Å². The van der Waals surface area contributed by atoms with Crippen molar-refractivity contribution in [2.75, 3.05) is 13.2 Å². The Balaban J connectivity index is 1.21. The molecule has 0 atom stereocenters. The van der Waals surface area contributed by atoms with Crippen LogP contribution in [0.2, 0.25) is 0 Å². The van der Waals surface area contributed by atoms with Gasteiger partial charge in [0.25, 0.3) is 0 Å². The largest absolute Gasteiger partial charge is 0.494 e. The minimum Gasteiger partial charge on any atom is -0.494 e. The van der Waals surface area contributed by atoms with E-state index >= 15 is 0 Å². The number of esters is 2. The van der Waals surface area contributed by atoms with Gasteiger partial charge in [0, 0.05) is 0 Å². The van der Waals surface area contributed by atoms with Gasteiger partial charge in [-0.3, -0.25) is 0 Å². The normalized spacial score (nSPS) is 10.7. The molecular weight excluding hydrogens is 552 g/mol. The Morgan fingerprint density at radius 3 is 1.27 bits per heavy atom. The average Bonchev–Trinajstić information content (AvgIpc) is 3.04. The van der Waals surface area contributed by atoms with Gasteiger partial charge in [0.05, 0.1) is 24.3 Å². The van der Waals surface area contributed by atoms with Crippen LogP contribution in [0.25, 0.3) is 21.5 Å². The highest BCUT2D eigenvalue weighted by molar-refractivity contribution is 6.00. The van der Waals surface area contributed by atoms with Crippen LogP contribution >= 0.6 is 0 Å². The maximum Gasteiger partial charge on any atom is 0.343 e. The second kappa shape index (κ2) is 14.7. The first-order chi connectivity index (χ1) is 21.5. The number of rotatable bonds is 14. The van der Waals surface area contributed by atoms with Crippen molar-refractivity contribution in [2.24, 2.45) is 0 Å². The fraction of sp³-hybridized carbons (Fsp3) is 0.158. The molecule has 222 valence electrons. The third kappa shape index (κ3) is 7.92. The minimum atomic E-state index is -0.444. The van der Waals surface area contributed by atoms with Gasteiger partial charge in [0.15, 0.2) is 0 Å². The van der Waals surface area contributed by atoms with Crippen LogP contribution in [0.5, 0.6) is 23.0 Å². The van der Waals surface area contributed by atoms with Crippen molar-refractivity contribution < 1.29 is 28.5 Å². The van der Waals surface area contributed by atoms with Crippen LogP contribution in [0.1, 0.15) is 46.4 Å². The van der Waals surface area contributed by atoms with Crippen molar-refractivity contribution in [2.45, 2.75) is 25.7 Å². The molecule has 44 heavy (non-hydrogen) atoms. The number of unbranched alkanes of at least 4 members (excludes halogenated alkanes) is 2. The SMILES string of the molecule is C=CCCCOc1ccc(C(=O)Oc2ccc3cc4cc(OC(=O)c5ccc(OCCCC=C)cc5)ccc4cc3c2)cc1. The molecular formula is C38H34O6. The summed E-state index contributed by atoms with van der Waals surface area (Å²) in [6.07, 6.45) is 7.29. The summed E-state index contributed by atoms with van der Waals surface area (Å²) in [6, 6.07) is 28.9.